The predicted octanol–water partition coefficient (Wildman–Crippen LogP) is 2.98. The lowest BCUT2D eigenvalue weighted by molar-refractivity contribution is 0.262. The maximum Gasteiger partial charge on any atom is 0.323 e. The minimum absolute atomic E-state index is 0.352. The van der Waals surface area contributed by atoms with Crippen LogP contribution in [0.15, 0.2) is 36.7 Å². The number of ether oxygens (including phenoxy) is 1. The van der Waals surface area contributed by atoms with Crippen molar-refractivity contribution in [3.8, 4) is 5.88 Å². The Kier molecular flexibility index (Phi) is 5.74. The summed E-state index contributed by atoms with van der Waals surface area (Å²) in [6.45, 7) is 5.93. The first kappa shape index (κ1) is 16.5. The number of anilines is 3. The van der Waals surface area contributed by atoms with Crippen molar-refractivity contribution in [2.24, 2.45) is 0 Å². The van der Waals surface area contributed by atoms with Crippen LogP contribution in [0.5, 0.6) is 5.88 Å². The largest absolute Gasteiger partial charge is 0.481 e. The van der Waals surface area contributed by atoms with E-state index in [1.54, 1.807) is 18.3 Å². The lowest BCUT2D eigenvalue weighted by Crippen LogP contribution is -2.23. The number of methoxy groups -OCH3 is 1. The maximum absolute atomic E-state index is 11.9. The van der Waals surface area contributed by atoms with Gasteiger partial charge in [0.2, 0.25) is 5.88 Å². The summed E-state index contributed by atoms with van der Waals surface area (Å²) >= 11 is 0. The van der Waals surface area contributed by atoms with Crippen LogP contribution in [0.1, 0.15) is 13.8 Å². The van der Waals surface area contributed by atoms with Crippen molar-refractivity contribution in [3.05, 3.63) is 36.7 Å². The molecule has 122 valence electrons. The normalized spacial score (nSPS) is 10.0. The van der Waals surface area contributed by atoms with Gasteiger partial charge in [0.1, 0.15) is 5.82 Å². The standard InChI is InChI=1S/C16H21N5O2/c1-4-21(5-2)14-8-6-12(10-17-14)19-16(22)20-13-7-9-15(23-3)18-11-13/h6-11H,4-5H2,1-3H3,(H2,19,20,22). The van der Waals surface area contributed by atoms with Crippen LogP contribution in [0, 0.1) is 0 Å². The van der Waals surface area contributed by atoms with Gasteiger partial charge < -0.3 is 20.3 Å². The van der Waals surface area contributed by atoms with Crippen LogP contribution < -0.4 is 20.3 Å². The number of amides is 2. The topological polar surface area (TPSA) is 79.4 Å². The minimum Gasteiger partial charge on any atom is -0.481 e. The van der Waals surface area contributed by atoms with Gasteiger partial charge in [-0.25, -0.2) is 14.8 Å². The SMILES string of the molecule is CCN(CC)c1ccc(NC(=O)Nc2ccc(OC)nc2)cn1. The second-order valence-corrected chi connectivity index (χ2v) is 4.75. The number of carbonyl (C=O) groups excluding carboxylic acids is 1. The van der Waals surface area contributed by atoms with Crippen LogP contribution in [-0.4, -0.2) is 36.2 Å². The van der Waals surface area contributed by atoms with E-state index in [9.17, 15) is 4.79 Å². The van der Waals surface area contributed by atoms with Gasteiger partial charge in [-0.1, -0.05) is 0 Å². The highest BCUT2D eigenvalue weighted by molar-refractivity contribution is 5.99. The van der Waals surface area contributed by atoms with Gasteiger partial charge in [0, 0.05) is 19.2 Å². The Balaban J connectivity index is 1.94. The van der Waals surface area contributed by atoms with E-state index in [0.717, 1.165) is 18.9 Å². The highest BCUT2D eigenvalue weighted by atomic mass is 16.5. The second kappa shape index (κ2) is 7.98. The molecule has 2 aromatic heterocycles. The van der Waals surface area contributed by atoms with Gasteiger partial charge in [-0.05, 0) is 32.0 Å². The average molecular weight is 315 g/mol. The van der Waals surface area contributed by atoms with Gasteiger partial charge in [-0.3, -0.25) is 0 Å². The molecule has 0 atom stereocenters. The van der Waals surface area contributed by atoms with E-state index in [1.807, 2.05) is 12.1 Å². The molecule has 7 heteroatoms. The fourth-order valence-corrected chi connectivity index (χ4v) is 2.06. The lowest BCUT2D eigenvalue weighted by atomic mass is 10.3. The van der Waals surface area contributed by atoms with Gasteiger partial charge in [0.15, 0.2) is 0 Å². The second-order valence-electron chi connectivity index (χ2n) is 4.75. The highest BCUT2D eigenvalue weighted by Crippen LogP contribution is 2.15. The van der Waals surface area contributed by atoms with Crippen LogP contribution in [0.25, 0.3) is 0 Å². The van der Waals surface area contributed by atoms with Crippen molar-refractivity contribution >= 4 is 23.2 Å². The number of hydrogen-bond acceptors (Lipinski definition) is 5. The number of rotatable bonds is 6. The number of pyridine rings is 2. The zero-order valence-corrected chi connectivity index (χ0v) is 13.5. The molecule has 23 heavy (non-hydrogen) atoms. The van der Waals surface area contributed by atoms with Gasteiger partial charge in [0.05, 0.1) is 30.9 Å². The van der Waals surface area contributed by atoms with E-state index >= 15 is 0 Å². The number of aromatic nitrogens is 2. The molecule has 0 unspecified atom stereocenters. The zero-order chi connectivity index (χ0) is 16.7. The third-order valence-electron chi connectivity index (χ3n) is 3.30. The predicted molar refractivity (Wildman–Crippen MR) is 91.2 cm³/mol. The van der Waals surface area contributed by atoms with Crippen molar-refractivity contribution < 1.29 is 9.53 Å². The lowest BCUT2D eigenvalue weighted by Gasteiger charge is -2.19. The zero-order valence-electron chi connectivity index (χ0n) is 13.5. The molecule has 2 N–H and O–H groups in total. The maximum atomic E-state index is 11.9. The molecule has 2 heterocycles. The van der Waals surface area contributed by atoms with Gasteiger partial charge in [-0.15, -0.1) is 0 Å². The first-order chi connectivity index (χ1) is 11.2. The summed E-state index contributed by atoms with van der Waals surface area (Å²) in [5.74, 6) is 1.38. The van der Waals surface area contributed by atoms with Crippen LogP contribution in [0.2, 0.25) is 0 Å². The highest BCUT2D eigenvalue weighted by Gasteiger charge is 2.06. The Morgan fingerprint density at radius 2 is 1.65 bits per heavy atom. The number of nitrogens with zero attached hydrogens (tertiary/aromatic N) is 3. The van der Waals surface area contributed by atoms with Crippen LogP contribution >= 0.6 is 0 Å². The van der Waals surface area contributed by atoms with Gasteiger partial charge in [-0.2, -0.15) is 0 Å². The molecule has 0 bridgehead atoms. The van der Waals surface area contributed by atoms with Crippen molar-refractivity contribution in [1.82, 2.24) is 9.97 Å². The quantitative estimate of drug-likeness (QED) is 0.856. The Labute approximate surface area is 135 Å². The molecule has 0 saturated carbocycles. The van der Waals surface area contributed by atoms with Crippen molar-refractivity contribution in [2.75, 3.05) is 35.7 Å². The first-order valence-electron chi connectivity index (χ1n) is 7.45. The summed E-state index contributed by atoms with van der Waals surface area (Å²) in [6.07, 6.45) is 3.17. The summed E-state index contributed by atoms with van der Waals surface area (Å²) in [6, 6.07) is 6.75. The summed E-state index contributed by atoms with van der Waals surface area (Å²) in [5, 5.41) is 5.43. The van der Waals surface area contributed by atoms with Gasteiger partial charge in [0.25, 0.3) is 0 Å². The summed E-state index contributed by atoms with van der Waals surface area (Å²) in [5.41, 5.74) is 1.20. The molecule has 0 aliphatic carbocycles. The molecule has 2 amide bonds. The molecule has 2 rings (SSSR count). The fraction of sp³-hybridized carbons (Fsp3) is 0.312. The van der Waals surface area contributed by atoms with Crippen molar-refractivity contribution in [3.63, 3.8) is 0 Å². The minimum atomic E-state index is -0.352. The number of urea groups is 1. The molecule has 0 aliphatic heterocycles. The monoisotopic (exact) mass is 315 g/mol. The van der Waals surface area contributed by atoms with E-state index in [-0.39, 0.29) is 6.03 Å². The molecule has 2 aromatic rings. The summed E-state index contributed by atoms with van der Waals surface area (Å²) in [7, 11) is 1.54. The third kappa shape index (κ3) is 4.57. The molecule has 0 aromatic carbocycles. The summed E-state index contributed by atoms with van der Waals surface area (Å²) in [4.78, 5) is 22.5. The average Bonchev–Trinajstić information content (AvgIpc) is 2.58. The van der Waals surface area contributed by atoms with Crippen LogP contribution in [0.3, 0.4) is 0 Å². The van der Waals surface area contributed by atoms with E-state index in [1.165, 1.54) is 13.3 Å². The number of nitrogens with one attached hydrogen (secondary N) is 2. The molecule has 7 nitrogen and oxygen atoms in total. The molecular weight excluding hydrogens is 294 g/mol. The van der Waals surface area contributed by atoms with Crippen LogP contribution in [-0.2, 0) is 0 Å². The Morgan fingerprint density at radius 3 is 2.09 bits per heavy atom. The Hall–Kier alpha value is -2.83. The Morgan fingerprint density at radius 1 is 1.04 bits per heavy atom. The fourth-order valence-electron chi connectivity index (χ4n) is 2.06. The van der Waals surface area contributed by atoms with E-state index < -0.39 is 0 Å². The van der Waals surface area contributed by atoms with E-state index in [4.69, 9.17) is 4.74 Å². The number of carbonyl (C=O) groups is 1. The molecule has 0 radical (unpaired) electrons. The molecule has 0 aliphatic rings. The first-order valence-corrected chi connectivity index (χ1v) is 7.45. The smallest absolute Gasteiger partial charge is 0.323 e. The van der Waals surface area contributed by atoms with Crippen molar-refractivity contribution in [2.45, 2.75) is 13.8 Å². The van der Waals surface area contributed by atoms with Gasteiger partial charge >= 0.3 is 6.03 Å². The van der Waals surface area contributed by atoms with E-state index in [0.29, 0.717) is 17.3 Å². The molecule has 0 saturated heterocycles. The Bertz CT molecular complexity index is 624. The molecule has 0 fully saturated rings. The third-order valence-corrected chi connectivity index (χ3v) is 3.30. The van der Waals surface area contributed by atoms with Crippen molar-refractivity contribution in [1.29, 1.82) is 0 Å². The van der Waals surface area contributed by atoms with Crippen LogP contribution in [0.4, 0.5) is 22.0 Å². The molecular formula is C16H21N5O2. The molecule has 0 spiro atoms. The number of hydrogen-bond donors (Lipinski definition) is 2. The van der Waals surface area contributed by atoms with E-state index in [2.05, 4.69) is 39.3 Å². The summed E-state index contributed by atoms with van der Waals surface area (Å²) < 4.78 is 4.97.